The topological polar surface area (TPSA) is 64.3 Å². The Bertz CT molecular complexity index is 300. The van der Waals surface area contributed by atoms with Crippen LogP contribution in [0.3, 0.4) is 0 Å². The predicted octanol–water partition coefficient (Wildman–Crippen LogP) is 2.25. The molecule has 4 nitrogen and oxygen atoms in total. The van der Waals surface area contributed by atoms with Gasteiger partial charge in [-0.3, -0.25) is 4.79 Å². The zero-order valence-electron chi connectivity index (χ0n) is 12.8. The summed E-state index contributed by atoms with van der Waals surface area (Å²) in [6, 6.07) is 0.166. The first-order chi connectivity index (χ1) is 8.19. The van der Waals surface area contributed by atoms with Crippen LogP contribution >= 0.6 is 12.4 Å². The second-order valence-electron chi connectivity index (χ2n) is 6.52. The van der Waals surface area contributed by atoms with Gasteiger partial charge >= 0.3 is 0 Å². The molecule has 3 N–H and O–H groups in total. The second kappa shape index (κ2) is 6.91. The average Bonchev–Trinajstić information content (AvgIpc) is 2.25. The van der Waals surface area contributed by atoms with Crippen molar-refractivity contribution in [2.24, 2.45) is 11.1 Å². The van der Waals surface area contributed by atoms with E-state index in [-0.39, 0.29) is 35.9 Å². The van der Waals surface area contributed by atoms with E-state index in [2.05, 4.69) is 26.1 Å². The molecule has 1 amide bonds. The van der Waals surface area contributed by atoms with Gasteiger partial charge in [0.05, 0.1) is 11.6 Å². The van der Waals surface area contributed by atoms with Crippen molar-refractivity contribution in [1.29, 1.82) is 0 Å². The molecule has 0 radical (unpaired) electrons. The van der Waals surface area contributed by atoms with E-state index in [1.807, 2.05) is 0 Å². The van der Waals surface area contributed by atoms with Gasteiger partial charge in [-0.1, -0.05) is 27.2 Å². The Morgan fingerprint density at radius 1 is 1.47 bits per heavy atom. The third-order valence-corrected chi connectivity index (χ3v) is 3.89. The lowest BCUT2D eigenvalue weighted by atomic mass is 9.64. The number of carbonyl (C=O) groups excluding carboxylic acids is 1. The molecule has 0 spiro atoms. The maximum atomic E-state index is 11.8. The lowest BCUT2D eigenvalue weighted by molar-refractivity contribution is -0.141. The summed E-state index contributed by atoms with van der Waals surface area (Å²) in [6.45, 7) is 10.7. The highest BCUT2D eigenvalue weighted by molar-refractivity contribution is 5.85. The number of nitrogens with one attached hydrogen (secondary N) is 1. The van der Waals surface area contributed by atoms with Gasteiger partial charge in [0.1, 0.15) is 0 Å². The van der Waals surface area contributed by atoms with Crippen LogP contribution < -0.4 is 11.1 Å². The summed E-state index contributed by atoms with van der Waals surface area (Å²) in [6.07, 6.45) is 3.38. The summed E-state index contributed by atoms with van der Waals surface area (Å²) in [4.78, 5) is 11.8. The summed E-state index contributed by atoms with van der Waals surface area (Å²) in [7, 11) is 0. The molecule has 0 aromatic carbocycles. The van der Waals surface area contributed by atoms with Crippen LogP contribution in [0.2, 0.25) is 0 Å². The Morgan fingerprint density at radius 3 is 2.47 bits per heavy atom. The van der Waals surface area contributed by atoms with Gasteiger partial charge in [-0.15, -0.1) is 12.4 Å². The molecule has 0 aliphatic heterocycles. The van der Waals surface area contributed by atoms with Crippen molar-refractivity contribution in [2.45, 2.75) is 71.6 Å². The van der Waals surface area contributed by atoms with Crippen LogP contribution in [-0.4, -0.2) is 30.2 Å². The molecule has 1 saturated carbocycles. The molecule has 0 bridgehead atoms. The maximum absolute atomic E-state index is 11.8. The molecule has 114 valence electrons. The second-order valence-corrected chi connectivity index (χ2v) is 6.52. The fourth-order valence-corrected chi connectivity index (χ4v) is 2.13. The van der Waals surface area contributed by atoms with Gasteiger partial charge in [0.2, 0.25) is 5.91 Å². The quantitative estimate of drug-likeness (QED) is 0.738. The van der Waals surface area contributed by atoms with Crippen molar-refractivity contribution in [3.63, 3.8) is 0 Å². The van der Waals surface area contributed by atoms with Gasteiger partial charge < -0.3 is 15.8 Å². The number of hydrogen-bond donors (Lipinski definition) is 2. The molecule has 19 heavy (non-hydrogen) atoms. The highest BCUT2D eigenvalue weighted by Crippen LogP contribution is 2.42. The van der Waals surface area contributed by atoms with Crippen molar-refractivity contribution >= 4 is 18.3 Å². The van der Waals surface area contributed by atoms with Gasteiger partial charge in [-0.05, 0) is 26.7 Å². The number of carbonyl (C=O) groups is 1. The Balaban J connectivity index is 0.00000324. The minimum Gasteiger partial charge on any atom is -0.378 e. The minimum absolute atomic E-state index is 0. The number of nitrogens with two attached hydrogens (primary N) is 1. The summed E-state index contributed by atoms with van der Waals surface area (Å²) >= 11 is 0. The van der Waals surface area contributed by atoms with Gasteiger partial charge in [0.15, 0.2) is 0 Å². The van der Waals surface area contributed by atoms with Crippen molar-refractivity contribution < 1.29 is 9.53 Å². The molecule has 2 atom stereocenters. The van der Waals surface area contributed by atoms with E-state index < -0.39 is 5.54 Å². The number of unbranched alkanes of at least 4 members (excludes halogenated alkanes) is 1. The molecule has 5 heteroatoms. The SMILES string of the molecule is CCCCOC1CC(NC(=O)C(C)(C)N)C1(C)C.Cl. The first-order valence-corrected chi connectivity index (χ1v) is 6.91. The van der Waals surface area contributed by atoms with Gasteiger partial charge in [-0.2, -0.15) is 0 Å². The molecule has 2 unspecified atom stereocenters. The van der Waals surface area contributed by atoms with Crippen LogP contribution in [0.1, 0.15) is 53.9 Å². The number of amides is 1. The van der Waals surface area contributed by atoms with E-state index >= 15 is 0 Å². The first kappa shape index (κ1) is 18.7. The molecule has 0 saturated heterocycles. The van der Waals surface area contributed by atoms with Crippen LogP contribution in [0, 0.1) is 5.41 Å². The highest BCUT2D eigenvalue weighted by Gasteiger charge is 2.50. The maximum Gasteiger partial charge on any atom is 0.239 e. The fourth-order valence-electron chi connectivity index (χ4n) is 2.13. The Labute approximate surface area is 123 Å². The number of ether oxygens (including phenoxy) is 1. The van der Waals surface area contributed by atoms with Crippen LogP contribution in [0.15, 0.2) is 0 Å². The lowest BCUT2D eigenvalue weighted by Crippen LogP contribution is -2.65. The zero-order valence-corrected chi connectivity index (χ0v) is 13.6. The minimum atomic E-state index is -0.815. The van der Waals surface area contributed by atoms with Crippen LogP contribution in [0.5, 0.6) is 0 Å². The van der Waals surface area contributed by atoms with E-state index in [1.165, 1.54) is 0 Å². The first-order valence-electron chi connectivity index (χ1n) is 6.91. The Kier molecular flexibility index (Phi) is 6.79. The summed E-state index contributed by atoms with van der Waals surface area (Å²) in [5.74, 6) is -0.0902. The lowest BCUT2D eigenvalue weighted by Gasteiger charge is -2.52. The molecule has 0 aromatic heterocycles. The summed E-state index contributed by atoms with van der Waals surface area (Å²) in [5.41, 5.74) is 4.96. The summed E-state index contributed by atoms with van der Waals surface area (Å²) in [5, 5.41) is 3.02. The third-order valence-electron chi connectivity index (χ3n) is 3.89. The van der Waals surface area contributed by atoms with Gasteiger partial charge in [-0.25, -0.2) is 0 Å². The summed E-state index contributed by atoms with van der Waals surface area (Å²) < 4.78 is 5.85. The molecule has 1 aliphatic rings. The highest BCUT2D eigenvalue weighted by atomic mass is 35.5. The molecule has 1 fully saturated rings. The van der Waals surface area contributed by atoms with E-state index in [4.69, 9.17) is 10.5 Å². The average molecular weight is 293 g/mol. The largest absolute Gasteiger partial charge is 0.378 e. The number of rotatable bonds is 6. The van der Waals surface area contributed by atoms with Crippen LogP contribution in [-0.2, 0) is 9.53 Å². The standard InChI is InChI=1S/C14H28N2O2.ClH/c1-6-7-8-18-11-9-10(13(11,2)3)16-12(17)14(4,5)15;/h10-11H,6-9,15H2,1-5H3,(H,16,17);1H. The van der Waals surface area contributed by atoms with Crippen molar-refractivity contribution in [3.8, 4) is 0 Å². The number of halogens is 1. The predicted molar refractivity (Wildman–Crippen MR) is 80.5 cm³/mol. The van der Waals surface area contributed by atoms with Crippen molar-refractivity contribution in [1.82, 2.24) is 5.32 Å². The Morgan fingerprint density at radius 2 is 2.05 bits per heavy atom. The van der Waals surface area contributed by atoms with E-state index in [9.17, 15) is 4.79 Å². The molecule has 0 heterocycles. The molecule has 0 aromatic rings. The van der Waals surface area contributed by atoms with Crippen LogP contribution in [0.25, 0.3) is 0 Å². The van der Waals surface area contributed by atoms with Crippen molar-refractivity contribution in [2.75, 3.05) is 6.61 Å². The van der Waals surface area contributed by atoms with Gasteiger partial charge in [0, 0.05) is 18.1 Å². The monoisotopic (exact) mass is 292 g/mol. The fraction of sp³-hybridized carbons (Fsp3) is 0.929. The Hall–Kier alpha value is -0.320. The van der Waals surface area contributed by atoms with E-state index in [0.29, 0.717) is 0 Å². The zero-order chi connectivity index (χ0) is 14.0. The molecular formula is C14H29ClN2O2. The van der Waals surface area contributed by atoms with Crippen molar-refractivity contribution in [3.05, 3.63) is 0 Å². The molecular weight excluding hydrogens is 264 g/mol. The normalized spacial score (nSPS) is 25.2. The molecule has 1 aliphatic carbocycles. The van der Waals surface area contributed by atoms with Gasteiger partial charge in [0.25, 0.3) is 0 Å². The van der Waals surface area contributed by atoms with E-state index in [1.54, 1.807) is 13.8 Å². The smallest absolute Gasteiger partial charge is 0.239 e. The molecule has 1 rings (SSSR count). The van der Waals surface area contributed by atoms with E-state index in [0.717, 1.165) is 25.9 Å². The third kappa shape index (κ3) is 4.62. The van der Waals surface area contributed by atoms with Crippen LogP contribution in [0.4, 0.5) is 0 Å². The number of hydrogen-bond acceptors (Lipinski definition) is 3.